The van der Waals surface area contributed by atoms with E-state index in [1.54, 1.807) is 13.2 Å². The van der Waals surface area contributed by atoms with Crippen LogP contribution in [0.15, 0.2) is 60.8 Å². The molecule has 1 heterocycles. The number of benzene rings is 2. The van der Waals surface area contributed by atoms with Crippen LogP contribution in [0.25, 0.3) is 6.08 Å². The van der Waals surface area contributed by atoms with Crippen molar-refractivity contribution in [3.8, 4) is 0 Å². The van der Waals surface area contributed by atoms with Gasteiger partial charge in [-0.15, -0.1) is 0 Å². The van der Waals surface area contributed by atoms with E-state index in [0.29, 0.717) is 0 Å². The number of carbonyl (C=O) groups is 1. The number of carbonyl (C=O) groups excluding carboxylic acids is 1. The normalized spacial score (nSPS) is 21.6. The summed E-state index contributed by atoms with van der Waals surface area (Å²) in [6.45, 7) is 0. The third-order valence-electron chi connectivity index (χ3n) is 3.88. The van der Waals surface area contributed by atoms with E-state index in [2.05, 4.69) is 0 Å². The molecule has 3 heteroatoms. The molecule has 106 valence electrons. The van der Waals surface area contributed by atoms with Gasteiger partial charge < -0.3 is 10.0 Å². The quantitative estimate of drug-likeness (QED) is 0.871. The van der Waals surface area contributed by atoms with Gasteiger partial charge in [-0.3, -0.25) is 4.79 Å². The second-order valence-corrected chi connectivity index (χ2v) is 5.23. The predicted molar refractivity (Wildman–Crippen MR) is 82.5 cm³/mol. The first-order valence-electron chi connectivity index (χ1n) is 6.95. The van der Waals surface area contributed by atoms with Crippen molar-refractivity contribution in [2.75, 3.05) is 7.05 Å². The van der Waals surface area contributed by atoms with Gasteiger partial charge in [0.1, 0.15) is 6.10 Å². The largest absolute Gasteiger partial charge is 0.382 e. The molecule has 2 aromatic carbocycles. The van der Waals surface area contributed by atoms with Crippen molar-refractivity contribution < 1.29 is 9.90 Å². The second-order valence-electron chi connectivity index (χ2n) is 5.23. The maximum absolute atomic E-state index is 12.3. The summed E-state index contributed by atoms with van der Waals surface area (Å²) >= 11 is 0. The second kappa shape index (κ2) is 5.54. The van der Waals surface area contributed by atoms with Crippen molar-refractivity contribution >= 4 is 12.0 Å². The van der Waals surface area contributed by atoms with E-state index in [0.717, 1.165) is 16.7 Å². The molecule has 1 aliphatic heterocycles. The monoisotopic (exact) mass is 279 g/mol. The minimum atomic E-state index is -1.09. The number of fused-ring (bicyclic) bond motifs is 1. The van der Waals surface area contributed by atoms with E-state index in [9.17, 15) is 9.90 Å². The molecule has 0 fully saturated rings. The Labute approximate surface area is 124 Å². The number of amides is 1. The van der Waals surface area contributed by atoms with Crippen LogP contribution in [0.2, 0.25) is 0 Å². The maximum atomic E-state index is 12.3. The maximum Gasteiger partial charge on any atom is 0.256 e. The molecule has 2 aromatic rings. The molecule has 0 aliphatic carbocycles. The lowest BCUT2D eigenvalue weighted by atomic mass is 9.83. The van der Waals surface area contributed by atoms with Crippen LogP contribution < -0.4 is 0 Å². The average molecular weight is 279 g/mol. The lowest BCUT2D eigenvalue weighted by Gasteiger charge is -2.29. The zero-order valence-electron chi connectivity index (χ0n) is 11.8. The van der Waals surface area contributed by atoms with Gasteiger partial charge in [-0.05, 0) is 22.8 Å². The van der Waals surface area contributed by atoms with Crippen molar-refractivity contribution in [3.63, 3.8) is 0 Å². The van der Waals surface area contributed by atoms with Gasteiger partial charge in [0.05, 0.1) is 0 Å². The van der Waals surface area contributed by atoms with Crippen LogP contribution in [0.5, 0.6) is 0 Å². The van der Waals surface area contributed by atoms with Gasteiger partial charge in [-0.1, -0.05) is 54.6 Å². The number of likely N-dealkylation sites (N-methyl/N-ethyl adjacent to an activating group) is 1. The summed E-state index contributed by atoms with van der Waals surface area (Å²) in [4.78, 5) is 13.8. The molecule has 2 atom stereocenters. The fourth-order valence-corrected chi connectivity index (χ4v) is 2.75. The molecule has 0 radical (unpaired) electrons. The highest BCUT2D eigenvalue weighted by molar-refractivity contribution is 5.85. The highest BCUT2D eigenvalue weighted by Gasteiger charge is 2.32. The zero-order valence-corrected chi connectivity index (χ0v) is 11.8. The number of aliphatic hydroxyl groups excluding tert-OH is 1. The van der Waals surface area contributed by atoms with Crippen molar-refractivity contribution in [1.82, 2.24) is 4.90 Å². The number of aliphatic hydroxyl groups is 1. The van der Waals surface area contributed by atoms with Gasteiger partial charge in [-0.25, -0.2) is 0 Å². The standard InChI is InChI=1S/C18H17NO2/c1-19-12-11-13-7-5-6-10-15(13)16(17(20)18(19)21)14-8-3-2-4-9-14/h2-12,16-17,20H,1H3/t16-,17+/m0/s1. The van der Waals surface area contributed by atoms with Gasteiger partial charge in [0, 0.05) is 19.2 Å². The van der Waals surface area contributed by atoms with E-state index >= 15 is 0 Å². The third kappa shape index (κ3) is 2.48. The van der Waals surface area contributed by atoms with Crippen LogP contribution in [-0.4, -0.2) is 29.1 Å². The van der Waals surface area contributed by atoms with Gasteiger partial charge in [0.25, 0.3) is 5.91 Å². The number of hydrogen-bond donors (Lipinski definition) is 1. The van der Waals surface area contributed by atoms with Crippen LogP contribution in [0.1, 0.15) is 22.6 Å². The third-order valence-corrected chi connectivity index (χ3v) is 3.88. The molecule has 0 aromatic heterocycles. The van der Waals surface area contributed by atoms with Gasteiger partial charge >= 0.3 is 0 Å². The molecule has 3 nitrogen and oxygen atoms in total. The molecule has 0 saturated carbocycles. The number of hydrogen-bond acceptors (Lipinski definition) is 2. The predicted octanol–water partition coefficient (Wildman–Crippen LogP) is 2.62. The lowest BCUT2D eigenvalue weighted by Crippen LogP contribution is -2.38. The van der Waals surface area contributed by atoms with Crippen LogP contribution in [0, 0.1) is 0 Å². The van der Waals surface area contributed by atoms with E-state index in [-0.39, 0.29) is 11.8 Å². The first-order valence-corrected chi connectivity index (χ1v) is 6.95. The molecule has 3 rings (SSSR count). The Morgan fingerprint density at radius 1 is 1.00 bits per heavy atom. The average Bonchev–Trinajstić information content (AvgIpc) is 2.53. The molecular weight excluding hydrogens is 262 g/mol. The molecule has 0 spiro atoms. The van der Waals surface area contributed by atoms with E-state index in [1.165, 1.54) is 4.90 Å². The molecule has 0 unspecified atom stereocenters. The van der Waals surface area contributed by atoms with Crippen molar-refractivity contribution in [3.05, 3.63) is 77.5 Å². The first-order chi connectivity index (χ1) is 10.2. The fraction of sp³-hybridized carbons (Fsp3) is 0.167. The minimum Gasteiger partial charge on any atom is -0.382 e. The van der Waals surface area contributed by atoms with E-state index in [4.69, 9.17) is 0 Å². The summed E-state index contributed by atoms with van der Waals surface area (Å²) in [6.07, 6.45) is 2.52. The molecular formula is C18H17NO2. The van der Waals surface area contributed by atoms with Crippen LogP contribution in [0.3, 0.4) is 0 Å². The van der Waals surface area contributed by atoms with Gasteiger partial charge in [0.15, 0.2) is 0 Å². The minimum absolute atomic E-state index is 0.297. The fourth-order valence-electron chi connectivity index (χ4n) is 2.75. The van der Waals surface area contributed by atoms with Crippen LogP contribution >= 0.6 is 0 Å². The van der Waals surface area contributed by atoms with Gasteiger partial charge in [-0.2, -0.15) is 0 Å². The highest BCUT2D eigenvalue weighted by atomic mass is 16.3. The molecule has 1 N–H and O–H groups in total. The molecule has 1 amide bonds. The molecule has 0 saturated heterocycles. The SMILES string of the molecule is CN1C=Cc2ccccc2[C@H](c2ccccc2)[C@@H](O)C1=O. The van der Waals surface area contributed by atoms with E-state index in [1.807, 2.05) is 60.7 Å². The zero-order chi connectivity index (χ0) is 14.8. The van der Waals surface area contributed by atoms with Crippen molar-refractivity contribution in [2.24, 2.45) is 0 Å². The van der Waals surface area contributed by atoms with Crippen molar-refractivity contribution in [1.29, 1.82) is 0 Å². The summed E-state index contributed by atoms with van der Waals surface area (Å²) in [5.41, 5.74) is 2.92. The van der Waals surface area contributed by atoms with Crippen LogP contribution in [0.4, 0.5) is 0 Å². The van der Waals surface area contributed by atoms with E-state index < -0.39 is 6.10 Å². The summed E-state index contributed by atoms with van der Waals surface area (Å²) < 4.78 is 0. The Morgan fingerprint density at radius 3 is 2.43 bits per heavy atom. The molecule has 21 heavy (non-hydrogen) atoms. The van der Waals surface area contributed by atoms with Crippen molar-refractivity contribution in [2.45, 2.75) is 12.0 Å². The Morgan fingerprint density at radius 2 is 1.67 bits per heavy atom. The Kier molecular flexibility index (Phi) is 3.59. The molecule has 1 aliphatic rings. The summed E-state index contributed by atoms with van der Waals surface area (Å²) in [7, 11) is 1.66. The highest BCUT2D eigenvalue weighted by Crippen LogP contribution is 2.33. The Balaban J connectivity index is 2.20. The first kappa shape index (κ1) is 13.6. The van der Waals surface area contributed by atoms with Crippen LogP contribution in [-0.2, 0) is 4.79 Å². The molecule has 0 bridgehead atoms. The Bertz CT molecular complexity index is 679. The lowest BCUT2D eigenvalue weighted by molar-refractivity contribution is -0.137. The number of rotatable bonds is 1. The summed E-state index contributed by atoms with van der Waals surface area (Å²) in [6, 6.07) is 17.5. The smallest absolute Gasteiger partial charge is 0.256 e. The van der Waals surface area contributed by atoms with Gasteiger partial charge in [0.2, 0.25) is 0 Å². The summed E-state index contributed by atoms with van der Waals surface area (Å²) in [5, 5.41) is 10.6. The Hall–Kier alpha value is -2.39. The summed E-state index contributed by atoms with van der Waals surface area (Å²) in [5.74, 6) is -0.656. The topological polar surface area (TPSA) is 40.5 Å². The number of nitrogens with zero attached hydrogens (tertiary/aromatic N) is 1.